The minimum Gasteiger partial charge on any atom is -0.296 e. The van der Waals surface area contributed by atoms with Gasteiger partial charge in [-0.1, -0.05) is 18.0 Å². The van der Waals surface area contributed by atoms with Crippen LogP contribution in [-0.4, -0.2) is 40.1 Å². The lowest BCUT2D eigenvalue weighted by Gasteiger charge is -2.25. The first kappa shape index (κ1) is 15.3. The highest BCUT2D eigenvalue weighted by atomic mass is 35.5. The van der Waals surface area contributed by atoms with Crippen LogP contribution in [-0.2, 0) is 0 Å². The van der Waals surface area contributed by atoms with Crippen molar-refractivity contribution in [2.75, 3.05) is 19.6 Å². The number of carbonyl (C=O) groups excluding carboxylic acids is 1. The van der Waals surface area contributed by atoms with E-state index < -0.39 is 0 Å². The van der Waals surface area contributed by atoms with E-state index in [-0.39, 0.29) is 5.78 Å². The molecule has 1 aromatic heterocycles. The van der Waals surface area contributed by atoms with Crippen LogP contribution in [0.2, 0.25) is 5.02 Å². The van der Waals surface area contributed by atoms with Crippen LogP contribution < -0.4 is 0 Å². The highest BCUT2D eigenvalue weighted by molar-refractivity contribution is 6.30. The molecule has 116 valence electrons. The van der Waals surface area contributed by atoms with Crippen LogP contribution in [0.3, 0.4) is 0 Å². The SMILES string of the molecule is Cc1c(C(=O)CN2CCCCC2)cnn1-c1ccc(Cl)cc1. The summed E-state index contributed by atoms with van der Waals surface area (Å²) in [5.41, 5.74) is 2.50. The van der Waals surface area contributed by atoms with Crippen molar-refractivity contribution in [1.29, 1.82) is 0 Å². The Kier molecular flexibility index (Phi) is 4.60. The van der Waals surface area contributed by atoms with Gasteiger partial charge in [0.25, 0.3) is 0 Å². The molecule has 1 aliphatic heterocycles. The molecule has 0 unspecified atom stereocenters. The van der Waals surface area contributed by atoms with Gasteiger partial charge in [-0.25, -0.2) is 4.68 Å². The number of hydrogen-bond donors (Lipinski definition) is 0. The van der Waals surface area contributed by atoms with Gasteiger partial charge in [0.05, 0.1) is 29.7 Å². The average molecular weight is 318 g/mol. The fourth-order valence-electron chi connectivity index (χ4n) is 2.93. The molecule has 0 amide bonds. The number of ketones is 1. The monoisotopic (exact) mass is 317 g/mol. The van der Waals surface area contributed by atoms with E-state index in [0.717, 1.165) is 24.5 Å². The molecule has 2 heterocycles. The molecule has 2 aromatic rings. The van der Waals surface area contributed by atoms with Crippen molar-refractivity contribution in [3.8, 4) is 5.69 Å². The average Bonchev–Trinajstić information content (AvgIpc) is 2.91. The second-order valence-electron chi connectivity index (χ2n) is 5.79. The number of nitrogens with zero attached hydrogens (tertiary/aromatic N) is 3. The first-order valence-corrected chi connectivity index (χ1v) is 8.09. The number of carbonyl (C=O) groups is 1. The highest BCUT2D eigenvalue weighted by Crippen LogP contribution is 2.18. The van der Waals surface area contributed by atoms with Crippen LogP contribution in [0.25, 0.3) is 5.69 Å². The molecule has 0 bridgehead atoms. The summed E-state index contributed by atoms with van der Waals surface area (Å²) >= 11 is 5.91. The fraction of sp³-hybridized carbons (Fsp3) is 0.412. The minimum absolute atomic E-state index is 0.152. The number of rotatable bonds is 4. The molecule has 0 radical (unpaired) electrons. The Labute approximate surface area is 135 Å². The standard InChI is InChI=1S/C17H20ClN3O/c1-13-16(17(22)12-20-9-3-2-4-10-20)11-19-21(13)15-7-5-14(18)6-8-15/h5-8,11H,2-4,9-10,12H2,1H3. The van der Waals surface area contributed by atoms with Crippen LogP contribution in [0, 0.1) is 6.92 Å². The van der Waals surface area contributed by atoms with Crippen LogP contribution >= 0.6 is 11.6 Å². The van der Waals surface area contributed by atoms with Gasteiger partial charge in [-0.15, -0.1) is 0 Å². The van der Waals surface area contributed by atoms with E-state index in [4.69, 9.17) is 11.6 Å². The van der Waals surface area contributed by atoms with Gasteiger partial charge in [0, 0.05) is 5.02 Å². The van der Waals surface area contributed by atoms with Crippen molar-refractivity contribution in [3.05, 3.63) is 46.7 Å². The molecular formula is C17H20ClN3O. The summed E-state index contributed by atoms with van der Waals surface area (Å²) in [5.74, 6) is 0.152. The largest absolute Gasteiger partial charge is 0.296 e. The minimum atomic E-state index is 0.152. The number of Topliss-reactive ketones (excluding diaryl/α,β-unsaturated/α-hetero) is 1. The third kappa shape index (κ3) is 3.23. The Hall–Kier alpha value is -1.65. The summed E-state index contributed by atoms with van der Waals surface area (Å²) in [6.45, 7) is 4.48. The summed E-state index contributed by atoms with van der Waals surface area (Å²) in [7, 11) is 0. The molecule has 22 heavy (non-hydrogen) atoms. The van der Waals surface area contributed by atoms with Gasteiger partial charge >= 0.3 is 0 Å². The number of hydrogen-bond acceptors (Lipinski definition) is 3. The van der Waals surface area contributed by atoms with Crippen molar-refractivity contribution in [3.63, 3.8) is 0 Å². The smallest absolute Gasteiger partial charge is 0.180 e. The van der Waals surface area contributed by atoms with E-state index in [2.05, 4.69) is 10.00 Å². The van der Waals surface area contributed by atoms with E-state index in [1.165, 1.54) is 19.3 Å². The van der Waals surface area contributed by atoms with Crippen molar-refractivity contribution < 1.29 is 4.79 Å². The fourth-order valence-corrected chi connectivity index (χ4v) is 3.06. The van der Waals surface area contributed by atoms with Gasteiger partial charge < -0.3 is 0 Å². The van der Waals surface area contributed by atoms with Gasteiger partial charge in [-0.3, -0.25) is 9.69 Å². The molecule has 1 fully saturated rings. The topological polar surface area (TPSA) is 38.1 Å². The Balaban J connectivity index is 1.77. The van der Waals surface area contributed by atoms with Gasteiger partial charge in [-0.2, -0.15) is 5.10 Å². The summed E-state index contributed by atoms with van der Waals surface area (Å²) in [6.07, 6.45) is 5.33. The number of halogens is 1. The predicted molar refractivity (Wildman–Crippen MR) is 87.9 cm³/mol. The molecule has 5 heteroatoms. The molecule has 1 aromatic carbocycles. The van der Waals surface area contributed by atoms with E-state index in [1.54, 1.807) is 10.9 Å². The van der Waals surface area contributed by atoms with Crippen molar-refractivity contribution in [2.45, 2.75) is 26.2 Å². The summed E-state index contributed by atoms with van der Waals surface area (Å²) in [4.78, 5) is 14.8. The lowest BCUT2D eigenvalue weighted by Crippen LogP contribution is -2.34. The van der Waals surface area contributed by atoms with E-state index in [0.29, 0.717) is 17.1 Å². The zero-order valence-electron chi connectivity index (χ0n) is 12.8. The zero-order valence-corrected chi connectivity index (χ0v) is 13.5. The maximum absolute atomic E-state index is 12.5. The molecule has 4 nitrogen and oxygen atoms in total. The van der Waals surface area contributed by atoms with Crippen molar-refractivity contribution in [1.82, 2.24) is 14.7 Å². The third-order valence-electron chi connectivity index (χ3n) is 4.20. The van der Waals surface area contributed by atoms with E-state index >= 15 is 0 Å². The van der Waals surface area contributed by atoms with Crippen molar-refractivity contribution in [2.24, 2.45) is 0 Å². The summed E-state index contributed by atoms with van der Waals surface area (Å²) in [5, 5.41) is 5.05. The Bertz CT molecular complexity index is 657. The number of likely N-dealkylation sites (tertiary alicyclic amines) is 1. The first-order chi connectivity index (χ1) is 10.6. The molecular weight excluding hydrogens is 298 g/mol. The van der Waals surface area contributed by atoms with Gasteiger partial charge in [-0.05, 0) is 57.1 Å². The van der Waals surface area contributed by atoms with E-state index in [9.17, 15) is 4.79 Å². The Morgan fingerprint density at radius 3 is 2.55 bits per heavy atom. The molecule has 1 aliphatic rings. The van der Waals surface area contributed by atoms with Crippen LogP contribution in [0.1, 0.15) is 35.3 Å². The number of aromatic nitrogens is 2. The second kappa shape index (κ2) is 6.63. The van der Waals surface area contributed by atoms with Crippen molar-refractivity contribution >= 4 is 17.4 Å². The molecule has 0 aliphatic carbocycles. The molecule has 0 atom stereocenters. The molecule has 0 spiro atoms. The predicted octanol–water partition coefficient (Wildman–Crippen LogP) is 3.50. The first-order valence-electron chi connectivity index (χ1n) is 7.71. The summed E-state index contributed by atoms with van der Waals surface area (Å²) in [6, 6.07) is 7.46. The molecule has 0 saturated carbocycles. The van der Waals surface area contributed by atoms with Gasteiger partial charge in [0.15, 0.2) is 5.78 Å². The number of benzene rings is 1. The van der Waals surface area contributed by atoms with Crippen LogP contribution in [0.4, 0.5) is 0 Å². The quantitative estimate of drug-likeness (QED) is 0.810. The molecule has 3 rings (SSSR count). The third-order valence-corrected chi connectivity index (χ3v) is 4.45. The highest BCUT2D eigenvalue weighted by Gasteiger charge is 2.19. The Morgan fingerprint density at radius 2 is 1.86 bits per heavy atom. The maximum atomic E-state index is 12.5. The zero-order chi connectivity index (χ0) is 15.5. The lowest BCUT2D eigenvalue weighted by atomic mass is 10.1. The van der Waals surface area contributed by atoms with Crippen LogP contribution in [0.15, 0.2) is 30.5 Å². The second-order valence-corrected chi connectivity index (χ2v) is 6.23. The summed E-state index contributed by atoms with van der Waals surface area (Å²) < 4.78 is 1.79. The lowest BCUT2D eigenvalue weighted by molar-refractivity contribution is 0.0915. The van der Waals surface area contributed by atoms with Crippen LogP contribution in [0.5, 0.6) is 0 Å². The number of piperidine rings is 1. The van der Waals surface area contributed by atoms with Gasteiger partial charge in [0.1, 0.15) is 0 Å². The Morgan fingerprint density at radius 1 is 1.18 bits per heavy atom. The maximum Gasteiger partial charge on any atom is 0.180 e. The molecule has 0 N–H and O–H groups in total. The van der Waals surface area contributed by atoms with E-state index in [1.807, 2.05) is 31.2 Å². The molecule has 1 saturated heterocycles. The van der Waals surface area contributed by atoms with Gasteiger partial charge in [0.2, 0.25) is 0 Å². The normalized spacial score (nSPS) is 15.9.